The van der Waals surface area contributed by atoms with Crippen LogP contribution in [0.5, 0.6) is 0 Å². The molecule has 4 heteroatoms. The van der Waals surface area contributed by atoms with Crippen molar-refractivity contribution in [1.82, 2.24) is 0 Å². The number of carbonyl (C=O) groups excluding carboxylic acids is 1. The van der Waals surface area contributed by atoms with Crippen molar-refractivity contribution in [3.63, 3.8) is 0 Å². The van der Waals surface area contributed by atoms with Gasteiger partial charge in [0.2, 0.25) is 0 Å². The average Bonchev–Trinajstić information content (AvgIpc) is 2.65. The number of halogens is 2. The molecule has 4 unspecified atom stereocenters. The van der Waals surface area contributed by atoms with E-state index in [4.69, 9.17) is 4.74 Å². The van der Waals surface area contributed by atoms with E-state index in [-0.39, 0.29) is 32.6 Å². The molecule has 0 aromatic rings. The summed E-state index contributed by atoms with van der Waals surface area (Å²) in [5, 5.41) is 0. The molecule has 0 aromatic carbocycles. The Morgan fingerprint density at radius 2 is 2.36 bits per heavy atom. The molecular formula is C10H13I2O2-. The van der Waals surface area contributed by atoms with Crippen molar-refractivity contribution in [2.45, 2.75) is 31.5 Å². The van der Waals surface area contributed by atoms with Gasteiger partial charge in [-0.3, -0.25) is 0 Å². The molecular weight excluding hydrogens is 406 g/mol. The van der Waals surface area contributed by atoms with Crippen molar-refractivity contribution in [2.24, 2.45) is 11.3 Å². The van der Waals surface area contributed by atoms with Gasteiger partial charge in [-0.1, -0.05) is 0 Å². The van der Waals surface area contributed by atoms with Crippen molar-refractivity contribution in [3.05, 3.63) is 0 Å². The number of hydrogen-bond acceptors (Lipinski definition) is 2. The summed E-state index contributed by atoms with van der Waals surface area (Å²) >= 11 is 2.88. The summed E-state index contributed by atoms with van der Waals surface area (Å²) in [7, 11) is 0. The average molecular weight is 419 g/mol. The third-order valence-electron chi connectivity index (χ3n) is 4.10. The summed E-state index contributed by atoms with van der Waals surface area (Å²) in [5.74, 6) is 0.940. The number of esters is 1. The molecule has 2 saturated heterocycles. The second-order valence-electron chi connectivity index (χ2n) is 4.93. The molecule has 3 rings (SSSR count). The Kier molecular flexibility index (Phi) is 2.16. The summed E-state index contributed by atoms with van der Waals surface area (Å²) < 4.78 is 6.66. The Morgan fingerprint density at radius 3 is 2.79 bits per heavy atom. The molecule has 2 heterocycles. The number of alkyl halides is 3. The van der Waals surface area contributed by atoms with E-state index in [9.17, 15) is 4.79 Å². The second-order valence-corrected chi connectivity index (χ2v) is 13.0. The molecule has 0 aromatic heterocycles. The van der Waals surface area contributed by atoms with Crippen LogP contribution in [0.1, 0.15) is 26.2 Å². The van der Waals surface area contributed by atoms with Gasteiger partial charge in [0.25, 0.3) is 0 Å². The predicted octanol–water partition coefficient (Wildman–Crippen LogP) is -1.05. The molecule has 4 atom stereocenters. The number of fused-ring (bicyclic) bond motifs is 3. The molecule has 1 saturated carbocycles. The maximum absolute atomic E-state index is 11.3. The quantitative estimate of drug-likeness (QED) is 0.285. The van der Waals surface area contributed by atoms with E-state index in [1.54, 1.807) is 0 Å². The standard InChI is InChI=1S/C10H13I2O2/c1-9-2-6(8(11)12-9)3-10(9)4-7(13)14-5-10/h6,8H,2-5H2,1H3/q-1. The molecule has 2 bridgehead atoms. The molecule has 2 aliphatic heterocycles. The number of carbonyl (C=O) groups is 1. The molecule has 1 spiro atoms. The predicted molar refractivity (Wildman–Crippen MR) is 56.9 cm³/mol. The van der Waals surface area contributed by atoms with Gasteiger partial charge < -0.3 is 0 Å². The summed E-state index contributed by atoms with van der Waals surface area (Å²) in [5.41, 5.74) is 0.268. The minimum absolute atomic E-state index is 0.0489. The number of hydrogen-bond donors (Lipinski definition) is 0. The van der Waals surface area contributed by atoms with Crippen LogP contribution in [0.3, 0.4) is 0 Å². The van der Waals surface area contributed by atoms with Gasteiger partial charge in [-0.2, -0.15) is 0 Å². The Hall–Kier alpha value is 0.930. The van der Waals surface area contributed by atoms with Crippen molar-refractivity contribution < 1.29 is 30.7 Å². The van der Waals surface area contributed by atoms with E-state index in [2.05, 4.69) is 29.5 Å². The maximum atomic E-state index is 11.3. The van der Waals surface area contributed by atoms with Crippen molar-refractivity contribution >= 4 is 28.6 Å². The number of ether oxygens (including phenoxy) is 1. The Labute approximate surface area is 108 Å². The first-order valence-electron chi connectivity index (χ1n) is 4.99. The van der Waals surface area contributed by atoms with E-state index in [0.717, 1.165) is 14.5 Å². The molecule has 80 valence electrons. The van der Waals surface area contributed by atoms with Gasteiger partial charge >= 0.3 is 109 Å². The van der Waals surface area contributed by atoms with Gasteiger partial charge in [0.15, 0.2) is 0 Å². The van der Waals surface area contributed by atoms with Gasteiger partial charge in [0.05, 0.1) is 0 Å². The Morgan fingerprint density at radius 1 is 1.57 bits per heavy atom. The third kappa shape index (κ3) is 1.15. The first-order chi connectivity index (χ1) is 6.55. The van der Waals surface area contributed by atoms with Gasteiger partial charge in [-0.25, -0.2) is 0 Å². The normalized spacial score (nSPS) is 56.3. The summed E-state index contributed by atoms with van der Waals surface area (Å²) in [6.07, 6.45) is 3.33. The van der Waals surface area contributed by atoms with Crippen LogP contribution in [0.15, 0.2) is 0 Å². The first-order valence-corrected chi connectivity index (χ1v) is 8.56. The fourth-order valence-electron chi connectivity index (χ4n) is 3.22. The van der Waals surface area contributed by atoms with Crippen LogP contribution < -0.4 is 21.2 Å². The van der Waals surface area contributed by atoms with E-state index >= 15 is 0 Å². The summed E-state index contributed by atoms with van der Waals surface area (Å²) in [6, 6.07) is 0. The number of cyclic esters (lactones) is 1. The van der Waals surface area contributed by atoms with Gasteiger partial charge in [0, 0.05) is 0 Å². The zero-order valence-corrected chi connectivity index (χ0v) is 12.4. The fraction of sp³-hybridized carbons (Fsp3) is 0.900. The van der Waals surface area contributed by atoms with Crippen LogP contribution in [-0.4, -0.2) is 17.9 Å². The van der Waals surface area contributed by atoms with Crippen LogP contribution in [-0.2, 0) is 9.53 Å². The molecule has 3 fully saturated rings. The van der Waals surface area contributed by atoms with Gasteiger partial charge in [-0.05, 0) is 0 Å². The van der Waals surface area contributed by atoms with Crippen LogP contribution >= 0.6 is 22.6 Å². The minimum atomic E-state index is 0.0489. The second kappa shape index (κ2) is 2.99. The molecule has 1 aliphatic carbocycles. The zero-order chi connectivity index (χ0) is 9.97. The van der Waals surface area contributed by atoms with Gasteiger partial charge in [-0.15, -0.1) is 0 Å². The molecule has 0 radical (unpaired) electrons. The molecule has 0 N–H and O–H groups in total. The number of rotatable bonds is 0. The van der Waals surface area contributed by atoms with Crippen LogP contribution in [0, 0.1) is 11.3 Å². The molecule has 3 aliphatic rings. The Bertz CT molecular complexity index is 302. The van der Waals surface area contributed by atoms with E-state index < -0.39 is 0 Å². The van der Waals surface area contributed by atoms with Crippen molar-refractivity contribution in [2.75, 3.05) is 6.61 Å². The zero-order valence-electron chi connectivity index (χ0n) is 8.06. The van der Waals surface area contributed by atoms with Crippen LogP contribution in [0.4, 0.5) is 0 Å². The topological polar surface area (TPSA) is 26.3 Å². The Balaban J connectivity index is 1.94. The molecule has 2 nitrogen and oxygen atoms in total. The third-order valence-corrected chi connectivity index (χ3v) is 11.3. The first kappa shape index (κ1) is 10.1. The SMILES string of the molecule is CC12CC(CC13COC(=O)C3)C(I)[I-]2. The van der Waals surface area contributed by atoms with Gasteiger partial charge in [0.1, 0.15) is 0 Å². The van der Waals surface area contributed by atoms with E-state index in [1.807, 2.05) is 0 Å². The van der Waals surface area contributed by atoms with E-state index in [1.165, 1.54) is 12.8 Å². The van der Waals surface area contributed by atoms with Crippen LogP contribution in [0.25, 0.3) is 0 Å². The fourth-order valence-corrected chi connectivity index (χ4v) is 11.6. The summed E-state index contributed by atoms with van der Waals surface area (Å²) in [4.78, 5) is 11.3. The van der Waals surface area contributed by atoms with Crippen molar-refractivity contribution in [3.8, 4) is 0 Å². The molecule has 14 heavy (non-hydrogen) atoms. The molecule has 0 amide bonds. The van der Waals surface area contributed by atoms with Crippen LogP contribution in [0.2, 0.25) is 0 Å². The summed E-state index contributed by atoms with van der Waals surface area (Å²) in [6.45, 7) is 3.14. The van der Waals surface area contributed by atoms with Crippen molar-refractivity contribution in [1.29, 1.82) is 0 Å². The monoisotopic (exact) mass is 419 g/mol. The van der Waals surface area contributed by atoms with E-state index in [0.29, 0.717) is 9.84 Å².